The molecule has 180 valence electrons. The Morgan fingerprint density at radius 3 is 2.09 bits per heavy atom. The van der Waals surface area contributed by atoms with E-state index < -0.39 is 12.0 Å². The van der Waals surface area contributed by atoms with Crippen molar-refractivity contribution in [2.45, 2.75) is 51.0 Å². The molecule has 1 atom stereocenters. The quantitative estimate of drug-likeness (QED) is 0.340. The smallest absolute Gasteiger partial charge is 0.315 e. The fourth-order valence-electron chi connectivity index (χ4n) is 3.94. The van der Waals surface area contributed by atoms with Crippen molar-refractivity contribution in [3.63, 3.8) is 0 Å². The third kappa shape index (κ3) is 11.5. The molecular formula is C27H39N3O3. The first-order chi connectivity index (χ1) is 15.7. The second-order valence-corrected chi connectivity index (χ2v) is 9.73. The number of carbonyl (C=O) groups is 2. The summed E-state index contributed by atoms with van der Waals surface area (Å²) in [5.41, 5.74) is 3.86. The van der Waals surface area contributed by atoms with Crippen molar-refractivity contribution in [1.82, 2.24) is 10.6 Å². The SMILES string of the molecule is C[N+](C)(C)CC(CC(=O)[O-])NC(=O)NCCCCCCCc1ccc(-c2ccccc2)cc1. The van der Waals surface area contributed by atoms with Crippen molar-refractivity contribution in [3.8, 4) is 11.1 Å². The van der Waals surface area contributed by atoms with E-state index in [0.29, 0.717) is 17.6 Å². The molecule has 0 saturated carbocycles. The second kappa shape index (κ2) is 13.6. The molecule has 0 spiro atoms. The standard InChI is InChI=1S/C27H39N3O3/c1-30(2,3)21-25(20-26(31)32)29-27(33)28-19-11-6-4-5-8-12-22-15-17-24(18-16-22)23-13-9-7-10-14-23/h7,9-10,13-18,25H,4-6,8,11-12,19-21H2,1-3H3,(H2-,28,29,31,32,33). The highest BCUT2D eigenvalue weighted by atomic mass is 16.4. The predicted octanol–water partition coefficient (Wildman–Crippen LogP) is 3.36. The molecule has 2 aromatic rings. The van der Waals surface area contributed by atoms with Crippen LogP contribution in [0.2, 0.25) is 0 Å². The number of amides is 2. The van der Waals surface area contributed by atoms with Gasteiger partial charge in [0.2, 0.25) is 0 Å². The van der Waals surface area contributed by atoms with E-state index in [1.54, 1.807) is 0 Å². The normalized spacial score (nSPS) is 12.2. The molecule has 6 heteroatoms. The van der Waals surface area contributed by atoms with Crippen LogP contribution >= 0.6 is 0 Å². The molecule has 0 aliphatic heterocycles. The largest absolute Gasteiger partial charge is 0.550 e. The van der Waals surface area contributed by atoms with Gasteiger partial charge in [-0.1, -0.05) is 73.9 Å². The van der Waals surface area contributed by atoms with Gasteiger partial charge in [-0.2, -0.15) is 0 Å². The Kier molecular flexibility index (Phi) is 10.9. The van der Waals surface area contributed by atoms with Crippen LogP contribution in [0.3, 0.4) is 0 Å². The first-order valence-corrected chi connectivity index (χ1v) is 11.9. The van der Waals surface area contributed by atoms with E-state index in [2.05, 4.69) is 59.2 Å². The fourth-order valence-corrected chi connectivity index (χ4v) is 3.94. The highest BCUT2D eigenvalue weighted by molar-refractivity contribution is 5.75. The number of urea groups is 1. The zero-order valence-electron chi connectivity index (χ0n) is 20.3. The lowest BCUT2D eigenvalue weighted by molar-refractivity contribution is -0.871. The molecule has 0 saturated heterocycles. The van der Waals surface area contributed by atoms with E-state index >= 15 is 0 Å². The molecule has 33 heavy (non-hydrogen) atoms. The van der Waals surface area contributed by atoms with Crippen LogP contribution in [0.15, 0.2) is 54.6 Å². The maximum absolute atomic E-state index is 12.1. The van der Waals surface area contributed by atoms with E-state index in [4.69, 9.17) is 0 Å². The monoisotopic (exact) mass is 453 g/mol. The summed E-state index contributed by atoms with van der Waals surface area (Å²) < 4.78 is 0.565. The number of carbonyl (C=O) groups excluding carboxylic acids is 2. The lowest BCUT2D eigenvalue weighted by atomic mass is 10.0. The summed E-state index contributed by atoms with van der Waals surface area (Å²) in [6.07, 6.45) is 6.35. The van der Waals surface area contributed by atoms with Crippen LogP contribution < -0.4 is 15.7 Å². The summed E-state index contributed by atoms with van der Waals surface area (Å²) in [4.78, 5) is 23.0. The first-order valence-electron chi connectivity index (χ1n) is 11.9. The summed E-state index contributed by atoms with van der Waals surface area (Å²) in [5.74, 6) is -1.15. The minimum Gasteiger partial charge on any atom is -0.550 e. The minimum atomic E-state index is -1.15. The maximum atomic E-state index is 12.1. The molecule has 0 radical (unpaired) electrons. The topological polar surface area (TPSA) is 81.3 Å². The van der Waals surface area contributed by atoms with Gasteiger partial charge in [-0.3, -0.25) is 0 Å². The van der Waals surface area contributed by atoms with Gasteiger partial charge in [0.25, 0.3) is 0 Å². The number of nitrogens with one attached hydrogen (secondary N) is 2. The number of rotatable bonds is 14. The van der Waals surface area contributed by atoms with Crippen molar-refractivity contribution in [2.24, 2.45) is 0 Å². The van der Waals surface area contributed by atoms with Crippen LogP contribution in [0.4, 0.5) is 4.79 Å². The lowest BCUT2D eigenvalue weighted by Gasteiger charge is -2.30. The number of hydrogen-bond acceptors (Lipinski definition) is 3. The van der Waals surface area contributed by atoms with Crippen LogP contribution in [0.5, 0.6) is 0 Å². The Balaban J connectivity index is 1.55. The number of carboxylic acid groups (broad SMARTS) is 1. The zero-order chi connectivity index (χ0) is 24.1. The number of carboxylic acids is 1. The Bertz CT molecular complexity index is 845. The number of aliphatic carboxylic acids is 1. The van der Waals surface area contributed by atoms with Crippen molar-refractivity contribution in [1.29, 1.82) is 0 Å². The number of quaternary nitrogens is 1. The highest BCUT2D eigenvalue weighted by Crippen LogP contribution is 2.20. The molecule has 2 N–H and O–H groups in total. The Labute approximate surface area is 198 Å². The van der Waals surface area contributed by atoms with Crippen molar-refractivity contribution < 1.29 is 19.2 Å². The average Bonchev–Trinajstić information content (AvgIpc) is 2.75. The molecule has 6 nitrogen and oxygen atoms in total. The zero-order valence-corrected chi connectivity index (χ0v) is 20.3. The molecule has 2 rings (SSSR count). The van der Waals surface area contributed by atoms with Crippen LogP contribution in [-0.2, 0) is 11.2 Å². The van der Waals surface area contributed by atoms with Crippen molar-refractivity contribution in [2.75, 3.05) is 34.2 Å². The van der Waals surface area contributed by atoms with Gasteiger partial charge >= 0.3 is 6.03 Å². The first kappa shape index (κ1) is 26.4. The molecule has 0 heterocycles. The molecule has 0 bridgehead atoms. The van der Waals surface area contributed by atoms with Gasteiger partial charge in [0.15, 0.2) is 0 Å². The predicted molar refractivity (Wildman–Crippen MR) is 132 cm³/mol. The van der Waals surface area contributed by atoms with Gasteiger partial charge in [0.1, 0.15) is 0 Å². The van der Waals surface area contributed by atoms with E-state index in [0.717, 1.165) is 32.1 Å². The summed E-state index contributed by atoms with van der Waals surface area (Å²) in [6.45, 7) is 1.12. The van der Waals surface area contributed by atoms with Gasteiger partial charge in [-0.05, 0) is 36.0 Å². The van der Waals surface area contributed by atoms with Crippen LogP contribution in [0.1, 0.15) is 44.1 Å². The maximum Gasteiger partial charge on any atom is 0.315 e. The lowest BCUT2D eigenvalue weighted by Crippen LogP contribution is -2.53. The van der Waals surface area contributed by atoms with Gasteiger partial charge in [0.05, 0.1) is 33.7 Å². The Morgan fingerprint density at radius 1 is 0.848 bits per heavy atom. The average molecular weight is 454 g/mol. The molecular weight excluding hydrogens is 414 g/mol. The number of benzene rings is 2. The van der Waals surface area contributed by atoms with E-state index in [1.165, 1.54) is 23.1 Å². The minimum absolute atomic E-state index is 0.183. The number of aryl methyl sites for hydroxylation is 1. The Hall–Kier alpha value is -2.86. The van der Waals surface area contributed by atoms with Crippen LogP contribution in [0.25, 0.3) is 11.1 Å². The molecule has 0 aromatic heterocycles. The molecule has 0 aliphatic carbocycles. The summed E-state index contributed by atoms with van der Waals surface area (Å²) in [7, 11) is 5.88. The summed E-state index contributed by atoms with van der Waals surface area (Å²) in [5, 5.41) is 16.5. The molecule has 2 aromatic carbocycles. The van der Waals surface area contributed by atoms with E-state index in [-0.39, 0.29) is 12.5 Å². The van der Waals surface area contributed by atoms with Gasteiger partial charge in [0, 0.05) is 18.9 Å². The van der Waals surface area contributed by atoms with E-state index in [9.17, 15) is 14.7 Å². The third-order valence-corrected chi connectivity index (χ3v) is 5.51. The molecule has 1 unspecified atom stereocenters. The third-order valence-electron chi connectivity index (χ3n) is 5.51. The number of likely N-dealkylation sites (N-methyl/N-ethyl adjacent to an activating group) is 1. The summed E-state index contributed by atoms with van der Waals surface area (Å²) >= 11 is 0. The number of nitrogens with zero attached hydrogens (tertiary/aromatic N) is 1. The van der Waals surface area contributed by atoms with Gasteiger partial charge in [-0.15, -0.1) is 0 Å². The molecule has 0 aliphatic rings. The fraction of sp³-hybridized carbons (Fsp3) is 0.481. The summed E-state index contributed by atoms with van der Waals surface area (Å²) in [6, 6.07) is 18.5. The van der Waals surface area contributed by atoms with Crippen LogP contribution in [0, 0.1) is 0 Å². The highest BCUT2D eigenvalue weighted by Gasteiger charge is 2.20. The van der Waals surface area contributed by atoms with Crippen molar-refractivity contribution in [3.05, 3.63) is 60.2 Å². The van der Waals surface area contributed by atoms with Gasteiger partial charge < -0.3 is 25.0 Å². The molecule has 0 fully saturated rings. The van der Waals surface area contributed by atoms with Crippen LogP contribution in [-0.4, -0.2) is 56.8 Å². The van der Waals surface area contributed by atoms with Crippen molar-refractivity contribution >= 4 is 12.0 Å². The van der Waals surface area contributed by atoms with Gasteiger partial charge in [-0.25, -0.2) is 4.79 Å². The number of hydrogen-bond donors (Lipinski definition) is 2. The second-order valence-electron chi connectivity index (χ2n) is 9.73. The molecule has 2 amide bonds. The number of unbranched alkanes of at least 4 members (excludes halogenated alkanes) is 4. The van der Waals surface area contributed by atoms with E-state index in [1.807, 2.05) is 27.2 Å². The Morgan fingerprint density at radius 2 is 1.45 bits per heavy atom.